The van der Waals surface area contributed by atoms with Crippen LogP contribution in [0.1, 0.15) is 41.4 Å². The van der Waals surface area contributed by atoms with E-state index in [0.717, 1.165) is 25.8 Å². The molecule has 23 heavy (non-hydrogen) atoms. The fraction of sp³-hybridized carbons (Fsp3) is 0.353. The van der Waals surface area contributed by atoms with Crippen LogP contribution in [0.3, 0.4) is 0 Å². The number of hydrogen-bond acceptors (Lipinski definition) is 5. The number of halogens is 1. The number of hydrogen-bond donors (Lipinski definition) is 1. The van der Waals surface area contributed by atoms with E-state index in [9.17, 15) is 9.18 Å². The van der Waals surface area contributed by atoms with Crippen molar-refractivity contribution in [3.05, 3.63) is 47.5 Å². The molecule has 1 aromatic heterocycles. The molecule has 2 heterocycles. The highest BCUT2D eigenvalue weighted by molar-refractivity contribution is 5.90. The molecule has 1 aromatic carbocycles. The van der Waals surface area contributed by atoms with Crippen molar-refractivity contribution in [2.45, 2.75) is 25.3 Å². The van der Waals surface area contributed by atoms with Gasteiger partial charge in [0.25, 0.3) is 0 Å². The van der Waals surface area contributed by atoms with Crippen molar-refractivity contribution < 1.29 is 13.9 Å². The number of nitrogens with zero attached hydrogens (tertiary/aromatic N) is 2. The molecule has 3 rings (SSSR count). The van der Waals surface area contributed by atoms with Crippen LogP contribution in [0.15, 0.2) is 30.5 Å². The van der Waals surface area contributed by atoms with E-state index in [-0.39, 0.29) is 11.9 Å². The Bertz CT molecular complexity index is 697. The molecule has 5 nitrogen and oxygen atoms in total. The number of benzene rings is 1. The van der Waals surface area contributed by atoms with Crippen molar-refractivity contribution in [2.24, 2.45) is 0 Å². The predicted molar refractivity (Wildman–Crippen MR) is 83.4 cm³/mol. The van der Waals surface area contributed by atoms with Gasteiger partial charge in [-0.2, -0.15) is 0 Å². The minimum absolute atomic E-state index is 0.0000448. The van der Waals surface area contributed by atoms with Crippen molar-refractivity contribution in [3.63, 3.8) is 0 Å². The van der Waals surface area contributed by atoms with Crippen LogP contribution >= 0.6 is 0 Å². The van der Waals surface area contributed by atoms with Crippen LogP contribution in [0.5, 0.6) is 0 Å². The smallest absolute Gasteiger partial charge is 0.341 e. The normalized spacial score (nSPS) is 17.7. The summed E-state index contributed by atoms with van der Waals surface area (Å²) in [4.78, 5) is 20.8. The Morgan fingerprint density at radius 3 is 2.74 bits per heavy atom. The van der Waals surface area contributed by atoms with Crippen LogP contribution in [-0.2, 0) is 4.74 Å². The Balaban J connectivity index is 2.03. The highest BCUT2D eigenvalue weighted by atomic mass is 19.1. The van der Waals surface area contributed by atoms with Gasteiger partial charge in [-0.25, -0.2) is 19.2 Å². The van der Waals surface area contributed by atoms with E-state index >= 15 is 0 Å². The van der Waals surface area contributed by atoms with Crippen molar-refractivity contribution in [1.82, 2.24) is 15.3 Å². The summed E-state index contributed by atoms with van der Waals surface area (Å²) in [5.41, 5.74) is 1.73. The molecule has 0 saturated carbocycles. The molecular formula is C17H18FN3O2. The Labute approximate surface area is 133 Å². The van der Waals surface area contributed by atoms with Crippen molar-refractivity contribution in [1.29, 1.82) is 0 Å². The van der Waals surface area contributed by atoms with Crippen LogP contribution in [0.25, 0.3) is 11.4 Å². The lowest BCUT2D eigenvalue weighted by Crippen LogP contribution is -2.29. The minimum Gasteiger partial charge on any atom is -0.465 e. The topological polar surface area (TPSA) is 64.1 Å². The number of ether oxygens (including phenoxy) is 1. The number of carbonyl (C=O) groups excluding carboxylic acids is 1. The first-order valence-corrected chi connectivity index (χ1v) is 7.63. The average molecular weight is 315 g/mol. The fourth-order valence-corrected chi connectivity index (χ4v) is 2.75. The first kappa shape index (κ1) is 15.6. The molecule has 1 saturated heterocycles. The van der Waals surface area contributed by atoms with Gasteiger partial charge in [0.2, 0.25) is 0 Å². The highest BCUT2D eigenvalue weighted by Gasteiger charge is 2.24. The summed E-state index contributed by atoms with van der Waals surface area (Å²) in [5.74, 6) is -0.285. The molecule has 6 heteroatoms. The molecule has 0 radical (unpaired) electrons. The molecule has 1 aliphatic heterocycles. The lowest BCUT2D eigenvalue weighted by molar-refractivity contribution is 0.0597. The predicted octanol–water partition coefficient (Wildman–Crippen LogP) is 2.88. The van der Waals surface area contributed by atoms with E-state index < -0.39 is 5.97 Å². The van der Waals surface area contributed by atoms with Crippen LogP contribution in [0.4, 0.5) is 4.39 Å². The van der Waals surface area contributed by atoms with Crippen molar-refractivity contribution in [3.8, 4) is 11.4 Å². The standard InChI is InChI=1S/C17H18FN3O2/c1-23-17(22)13-10-20-16(11-5-7-12(18)8-6-11)21-15(13)14-4-2-3-9-19-14/h5-8,10,14,19H,2-4,9H2,1H3. The molecule has 0 bridgehead atoms. The summed E-state index contributed by atoms with van der Waals surface area (Å²) in [6.45, 7) is 0.890. The number of carbonyl (C=O) groups is 1. The molecule has 0 amide bonds. The van der Waals surface area contributed by atoms with Gasteiger partial charge in [-0.15, -0.1) is 0 Å². The van der Waals surface area contributed by atoms with Gasteiger partial charge >= 0.3 is 5.97 Å². The van der Waals surface area contributed by atoms with E-state index in [1.165, 1.54) is 25.4 Å². The number of aromatic nitrogens is 2. The molecule has 1 atom stereocenters. The second-order valence-electron chi connectivity index (χ2n) is 5.49. The van der Waals surface area contributed by atoms with Gasteiger partial charge in [0.15, 0.2) is 5.82 Å². The van der Waals surface area contributed by atoms with Gasteiger partial charge in [-0.05, 0) is 43.7 Å². The molecule has 120 valence electrons. The quantitative estimate of drug-likeness (QED) is 0.882. The number of rotatable bonds is 3. The summed E-state index contributed by atoms with van der Waals surface area (Å²) < 4.78 is 17.9. The van der Waals surface area contributed by atoms with Crippen molar-refractivity contribution >= 4 is 5.97 Å². The van der Waals surface area contributed by atoms with Crippen LogP contribution in [0, 0.1) is 5.82 Å². The molecule has 2 aromatic rings. The first-order chi connectivity index (χ1) is 11.2. The number of esters is 1. The zero-order valence-corrected chi connectivity index (χ0v) is 12.9. The van der Waals surface area contributed by atoms with E-state index in [1.54, 1.807) is 12.1 Å². The second-order valence-corrected chi connectivity index (χ2v) is 5.49. The van der Waals surface area contributed by atoms with E-state index in [2.05, 4.69) is 15.3 Å². The summed E-state index contributed by atoms with van der Waals surface area (Å²) in [6.07, 6.45) is 4.58. The Morgan fingerprint density at radius 1 is 1.30 bits per heavy atom. The molecule has 0 spiro atoms. The van der Waals surface area contributed by atoms with E-state index in [4.69, 9.17) is 4.74 Å². The Kier molecular flexibility index (Phi) is 4.62. The van der Waals surface area contributed by atoms with Gasteiger partial charge in [0.1, 0.15) is 11.4 Å². The third-order valence-corrected chi connectivity index (χ3v) is 3.97. The zero-order valence-electron chi connectivity index (χ0n) is 12.9. The fourth-order valence-electron chi connectivity index (χ4n) is 2.75. The zero-order chi connectivity index (χ0) is 16.2. The maximum Gasteiger partial charge on any atom is 0.341 e. The highest BCUT2D eigenvalue weighted by Crippen LogP contribution is 2.26. The maximum absolute atomic E-state index is 13.1. The number of methoxy groups -OCH3 is 1. The third-order valence-electron chi connectivity index (χ3n) is 3.97. The molecular weight excluding hydrogens is 297 g/mol. The summed E-state index contributed by atoms with van der Waals surface area (Å²) in [7, 11) is 1.34. The molecule has 1 aliphatic rings. The van der Waals surface area contributed by atoms with Gasteiger partial charge in [-0.1, -0.05) is 6.42 Å². The van der Waals surface area contributed by atoms with Gasteiger partial charge < -0.3 is 10.1 Å². The molecule has 1 fully saturated rings. The number of nitrogens with one attached hydrogen (secondary N) is 1. The maximum atomic E-state index is 13.1. The van der Waals surface area contributed by atoms with E-state index in [0.29, 0.717) is 22.6 Å². The molecule has 1 N–H and O–H groups in total. The van der Waals surface area contributed by atoms with E-state index in [1.807, 2.05) is 0 Å². The van der Waals surface area contributed by atoms with Gasteiger partial charge in [0, 0.05) is 11.8 Å². The Morgan fingerprint density at radius 2 is 2.09 bits per heavy atom. The molecule has 0 aliphatic carbocycles. The summed E-state index contributed by atoms with van der Waals surface area (Å²) >= 11 is 0. The van der Waals surface area contributed by atoms with Crippen LogP contribution in [-0.4, -0.2) is 29.6 Å². The SMILES string of the molecule is COC(=O)c1cnc(-c2ccc(F)cc2)nc1C1CCCCN1. The van der Waals surface area contributed by atoms with Crippen LogP contribution in [0.2, 0.25) is 0 Å². The minimum atomic E-state index is -0.446. The second kappa shape index (κ2) is 6.83. The Hall–Kier alpha value is -2.34. The van der Waals surface area contributed by atoms with Gasteiger partial charge in [0.05, 0.1) is 18.8 Å². The average Bonchev–Trinajstić information content (AvgIpc) is 2.62. The monoisotopic (exact) mass is 315 g/mol. The van der Waals surface area contributed by atoms with Gasteiger partial charge in [-0.3, -0.25) is 0 Å². The lowest BCUT2D eigenvalue weighted by atomic mass is 9.98. The van der Waals surface area contributed by atoms with Crippen molar-refractivity contribution in [2.75, 3.05) is 13.7 Å². The largest absolute Gasteiger partial charge is 0.465 e. The number of piperidine rings is 1. The first-order valence-electron chi connectivity index (χ1n) is 7.63. The summed E-state index contributed by atoms with van der Waals surface area (Å²) in [5, 5.41) is 3.38. The lowest BCUT2D eigenvalue weighted by Gasteiger charge is -2.24. The molecule has 1 unspecified atom stereocenters. The summed E-state index contributed by atoms with van der Waals surface area (Å²) in [6, 6.07) is 5.98. The third kappa shape index (κ3) is 3.37. The van der Waals surface area contributed by atoms with Crippen LogP contribution < -0.4 is 5.32 Å².